The number of nitrogens with zero attached hydrogens (tertiary/aromatic N) is 2. The molecule has 0 saturated carbocycles. The first-order valence-corrected chi connectivity index (χ1v) is 6.40. The molecular formula is C13H16N2O5. The zero-order valence-corrected chi connectivity index (χ0v) is 11.4. The Bertz CT molecular complexity index is 555. The standard InChI is InChI=1S/C13H16N2O5/c1-14-7-13(20-12(14)17)5-6-15(8-13)11(16)9-3-4-10(18-2)19-9/h3-4H,5-8H2,1-2H3. The lowest BCUT2D eigenvalue weighted by atomic mass is 10.0. The van der Waals surface area contributed by atoms with E-state index < -0.39 is 5.60 Å². The monoisotopic (exact) mass is 280 g/mol. The summed E-state index contributed by atoms with van der Waals surface area (Å²) in [6.45, 7) is 1.45. The van der Waals surface area contributed by atoms with Gasteiger partial charge < -0.3 is 23.7 Å². The van der Waals surface area contributed by atoms with Gasteiger partial charge in [0.15, 0.2) is 11.4 Å². The molecular weight excluding hydrogens is 264 g/mol. The summed E-state index contributed by atoms with van der Waals surface area (Å²) in [7, 11) is 3.17. The molecule has 2 aliphatic heterocycles. The third-order valence-electron chi connectivity index (χ3n) is 3.74. The minimum Gasteiger partial charge on any atom is -0.468 e. The van der Waals surface area contributed by atoms with E-state index in [1.54, 1.807) is 24.1 Å². The molecule has 3 rings (SSSR count). The summed E-state index contributed by atoms with van der Waals surface area (Å²) in [5.41, 5.74) is -0.571. The molecule has 0 radical (unpaired) electrons. The summed E-state index contributed by atoms with van der Waals surface area (Å²) in [5.74, 6) is 0.321. The Kier molecular flexibility index (Phi) is 2.84. The van der Waals surface area contributed by atoms with Crippen LogP contribution in [0.1, 0.15) is 17.0 Å². The number of likely N-dealkylation sites (N-methyl/N-ethyl adjacent to an activating group) is 1. The molecule has 108 valence electrons. The third-order valence-corrected chi connectivity index (χ3v) is 3.74. The summed E-state index contributed by atoms with van der Waals surface area (Å²) in [6, 6.07) is 3.18. The van der Waals surface area contributed by atoms with Gasteiger partial charge in [0.25, 0.3) is 11.9 Å². The van der Waals surface area contributed by atoms with Crippen LogP contribution in [0.5, 0.6) is 5.95 Å². The maximum absolute atomic E-state index is 12.3. The van der Waals surface area contributed by atoms with Gasteiger partial charge in [-0.1, -0.05) is 0 Å². The normalized spacial score (nSPS) is 25.4. The van der Waals surface area contributed by atoms with Crippen molar-refractivity contribution in [3.8, 4) is 5.95 Å². The minimum absolute atomic E-state index is 0.212. The average Bonchev–Trinajstić information content (AvgIpc) is 3.10. The molecule has 0 bridgehead atoms. The first-order chi connectivity index (χ1) is 9.53. The van der Waals surface area contributed by atoms with Crippen LogP contribution in [-0.2, 0) is 4.74 Å². The fraction of sp³-hybridized carbons (Fsp3) is 0.538. The van der Waals surface area contributed by atoms with Crippen molar-refractivity contribution >= 4 is 12.0 Å². The summed E-state index contributed by atoms with van der Waals surface area (Å²) in [4.78, 5) is 27.0. The lowest BCUT2D eigenvalue weighted by Crippen LogP contribution is -2.39. The lowest BCUT2D eigenvalue weighted by Gasteiger charge is -2.21. The maximum Gasteiger partial charge on any atom is 0.410 e. The molecule has 3 heterocycles. The zero-order valence-electron chi connectivity index (χ0n) is 11.4. The molecule has 1 spiro atoms. The zero-order chi connectivity index (χ0) is 14.3. The second-order valence-corrected chi connectivity index (χ2v) is 5.21. The first-order valence-electron chi connectivity index (χ1n) is 6.40. The Morgan fingerprint density at radius 2 is 2.20 bits per heavy atom. The topological polar surface area (TPSA) is 72.2 Å². The van der Waals surface area contributed by atoms with E-state index in [0.717, 1.165) is 0 Å². The predicted octanol–water partition coefficient (Wildman–Crippen LogP) is 0.955. The number of likely N-dealkylation sites (tertiary alicyclic amines) is 1. The number of furan rings is 1. The predicted molar refractivity (Wildman–Crippen MR) is 67.6 cm³/mol. The van der Waals surface area contributed by atoms with Crippen LogP contribution < -0.4 is 4.74 Å². The highest BCUT2D eigenvalue weighted by atomic mass is 16.6. The van der Waals surface area contributed by atoms with Crippen molar-refractivity contribution in [2.24, 2.45) is 0 Å². The van der Waals surface area contributed by atoms with Crippen molar-refractivity contribution in [1.29, 1.82) is 0 Å². The molecule has 20 heavy (non-hydrogen) atoms. The van der Waals surface area contributed by atoms with Crippen molar-refractivity contribution in [3.63, 3.8) is 0 Å². The van der Waals surface area contributed by atoms with Gasteiger partial charge in [-0.3, -0.25) is 4.79 Å². The van der Waals surface area contributed by atoms with Crippen LogP contribution in [-0.4, -0.2) is 61.2 Å². The number of carbonyl (C=O) groups excluding carboxylic acids is 2. The van der Waals surface area contributed by atoms with Gasteiger partial charge in [-0.25, -0.2) is 4.79 Å². The fourth-order valence-electron chi connectivity index (χ4n) is 2.72. The highest BCUT2D eigenvalue weighted by Gasteiger charge is 2.49. The van der Waals surface area contributed by atoms with Gasteiger partial charge in [0.1, 0.15) is 0 Å². The molecule has 1 aromatic heterocycles. The van der Waals surface area contributed by atoms with Gasteiger partial charge in [0.05, 0.1) is 20.2 Å². The summed E-state index contributed by atoms with van der Waals surface area (Å²) in [6.07, 6.45) is 0.311. The Hall–Kier alpha value is -2.18. The van der Waals surface area contributed by atoms with Crippen LogP contribution in [0.2, 0.25) is 0 Å². The van der Waals surface area contributed by atoms with Crippen LogP contribution >= 0.6 is 0 Å². The van der Waals surface area contributed by atoms with Crippen molar-refractivity contribution in [3.05, 3.63) is 17.9 Å². The summed E-state index contributed by atoms with van der Waals surface area (Å²) in [5, 5.41) is 0. The summed E-state index contributed by atoms with van der Waals surface area (Å²) >= 11 is 0. The SMILES string of the molecule is COc1ccc(C(=O)N2CCC3(CN(C)C(=O)O3)C2)o1. The van der Waals surface area contributed by atoms with E-state index in [0.29, 0.717) is 32.0 Å². The van der Waals surface area contributed by atoms with E-state index in [1.807, 2.05) is 0 Å². The first kappa shape index (κ1) is 12.8. The van der Waals surface area contributed by atoms with Crippen LogP contribution in [0.25, 0.3) is 0 Å². The molecule has 2 aliphatic rings. The van der Waals surface area contributed by atoms with Crippen LogP contribution in [0, 0.1) is 0 Å². The van der Waals surface area contributed by atoms with E-state index in [2.05, 4.69) is 0 Å². The molecule has 2 amide bonds. The van der Waals surface area contributed by atoms with E-state index in [1.165, 1.54) is 12.0 Å². The Balaban J connectivity index is 1.71. The number of hydrogen-bond acceptors (Lipinski definition) is 5. The van der Waals surface area contributed by atoms with Crippen molar-refractivity contribution in [1.82, 2.24) is 9.80 Å². The van der Waals surface area contributed by atoms with Crippen LogP contribution in [0.15, 0.2) is 16.5 Å². The average molecular weight is 280 g/mol. The second-order valence-electron chi connectivity index (χ2n) is 5.21. The minimum atomic E-state index is -0.571. The smallest absolute Gasteiger partial charge is 0.410 e. The van der Waals surface area contributed by atoms with Crippen molar-refractivity contribution in [2.75, 3.05) is 33.8 Å². The Morgan fingerprint density at radius 1 is 1.40 bits per heavy atom. The van der Waals surface area contributed by atoms with E-state index in [-0.39, 0.29) is 17.8 Å². The van der Waals surface area contributed by atoms with Gasteiger partial charge in [0.2, 0.25) is 0 Å². The molecule has 1 atom stereocenters. The molecule has 1 aromatic rings. The number of methoxy groups -OCH3 is 1. The summed E-state index contributed by atoms with van der Waals surface area (Å²) < 4.78 is 15.6. The van der Waals surface area contributed by atoms with E-state index in [9.17, 15) is 9.59 Å². The number of rotatable bonds is 2. The largest absolute Gasteiger partial charge is 0.468 e. The Morgan fingerprint density at radius 3 is 2.80 bits per heavy atom. The molecule has 2 saturated heterocycles. The fourth-order valence-corrected chi connectivity index (χ4v) is 2.72. The molecule has 1 unspecified atom stereocenters. The van der Waals surface area contributed by atoms with E-state index >= 15 is 0 Å². The highest BCUT2D eigenvalue weighted by molar-refractivity contribution is 5.92. The highest BCUT2D eigenvalue weighted by Crippen LogP contribution is 2.32. The van der Waals surface area contributed by atoms with Crippen LogP contribution in [0.3, 0.4) is 0 Å². The van der Waals surface area contributed by atoms with Gasteiger partial charge in [-0.05, 0) is 6.07 Å². The Labute approximate surface area is 116 Å². The van der Waals surface area contributed by atoms with Crippen molar-refractivity contribution < 1.29 is 23.5 Å². The van der Waals surface area contributed by atoms with Gasteiger partial charge in [0, 0.05) is 26.1 Å². The van der Waals surface area contributed by atoms with E-state index in [4.69, 9.17) is 13.9 Å². The molecule has 0 aliphatic carbocycles. The van der Waals surface area contributed by atoms with Crippen LogP contribution in [0.4, 0.5) is 4.79 Å². The van der Waals surface area contributed by atoms with Crippen molar-refractivity contribution in [2.45, 2.75) is 12.0 Å². The number of amides is 2. The van der Waals surface area contributed by atoms with Gasteiger partial charge in [-0.2, -0.15) is 0 Å². The molecule has 2 fully saturated rings. The number of hydrogen-bond donors (Lipinski definition) is 0. The molecule has 7 heteroatoms. The maximum atomic E-state index is 12.3. The second kappa shape index (κ2) is 4.43. The lowest BCUT2D eigenvalue weighted by molar-refractivity contribution is 0.0537. The number of carbonyl (C=O) groups is 2. The molecule has 7 nitrogen and oxygen atoms in total. The van der Waals surface area contributed by atoms with Gasteiger partial charge >= 0.3 is 6.09 Å². The molecule has 0 N–H and O–H groups in total. The third kappa shape index (κ3) is 1.99. The molecule has 0 aromatic carbocycles. The number of ether oxygens (including phenoxy) is 2. The van der Waals surface area contributed by atoms with Gasteiger partial charge in [-0.15, -0.1) is 0 Å². The quantitative estimate of drug-likeness (QED) is 0.806.